The Morgan fingerprint density at radius 3 is 2.47 bits per heavy atom. The molecule has 6 heteroatoms. The second-order valence-electron chi connectivity index (χ2n) is 3.73. The third-order valence-electron chi connectivity index (χ3n) is 2.49. The van der Waals surface area contributed by atoms with Crippen molar-refractivity contribution in [2.24, 2.45) is 0 Å². The zero-order chi connectivity index (χ0) is 13.8. The standard InChI is InChI=1S/C13H14N2O4/c1-17-9-4-3-8(7-11(9)18-2)15-13(16)10-5-6-12(14)19-10/h3-7H,14H2,1-2H3,(H,15,16). The Balaban J connectivity index is 2.17. The Morgan fingerprint density at radius 2 is 1.89 bits per heavy atom. The molecule has 1 amide bonds. The largest absolute Gasteiger partial charge is 0.493 e. The maximum atomic E-state index is 11.8. The molecule has 0 aliphatic rings. The van der Waals surface area contributed by atoms with Gasteiger partial charge in [-0.15, -0.1) is 0 Å². The fraction of sp³-hybridized carbons (Fsp3) is 0.154. The molecular formula is C13H14N2O4. The van der Waals surface area contributed by atoms with Crippen molar-refractivity contribution in [3.63, 3.8) is 0 Å². The van der Waals surface area contributed by atoms with E-state index in [2.05, 4.69) is 5.32 Å². The molecule has 19 heavy (non-hydrogen) atoms. The second kappa shape index (κ2) is 5.34. The highest BCUT2D eigenvalue weighted by molar-refractivity contribution is 6.02. The van der Waals surface area contributed by atoms with Gasteiger partial charge in [-0.1, -0.05) is 0 Å². The van der Waals surface area contributed by atoms with Gasteiger partial charge in [0.1, 0.15) is 0 Å². The van der Waals surface area contributed by atoms with E-state index in [-0.39, 0.29) is 17.6 Å². The minimum atomic E-state index is -0.385. The Bertz CT molecular complexity index is 592. The lowest BCUT2D eigenvalue weighted by Crippen LogP contribution is -2.11. The van der Waals surface area contributed by atoms with E-state index in [4.69, 9.17) is 19.6 Å². The highest BCUT2D eigenvalue weighted by Gasteiger charge is 2.12. The normalized spacial score (nSPS) is 10.0. The van der Waals surface area contributed by atoms with Crippen LogP contribution in [0.1, 0.15) is 10.6 Å². The number of hydrogen-bond acceptors (Lipinski definition) is 5. The fourth-order valence-electron chi connectivity index (χ4n) is 1.58. The lowest BCUT2D eigenvalue weighted by atomic mass is 10.2. The number of anilines is 2. The zero-order valence-electron chi connectivity index (χ0n) is 10.6. The van der Waals surface area contributed by atoms with Crippen LogP contribution in [0.5, 0.6) is 11.5 Å². The van der Waals surface area contributed by atoms with Crippen LogP contribution >= 0.6 is 0 Å². The van der Waals surface area contributed by atoms with Crippen LogP contribution in [0.3, 0.4) is 0 Å². The van der Waals surface area contributed by atoms with Gasteiger partial charge in [-0.25, -0.2) is 0 Å². The molecule has 1 heterocycles. The number of hydrogen-bond donors (Lipinski definition) is 2. The molecule has 100 valence electrons. The molecule has 0 atom stereocenters. The molecule has 3 N–H and O–H groups in total. The van der Waals surface area contributed by atoms with Crippen LogP contribution in [-0.4, -0.2) is 20.1 Å². The number of nitrogens with one attached hydrogen (secondary N) is 1. The molecule has 0 aliphatic heterocycles. The van der Waals surface area contributed by atoms with E-state index in [9.17, 15) is 4.79 Å². The molecule has 0 radical (unpaired) electrons. The van der Waals surface area contributed by atoms with Crippen molar-refractivity contribution in [2.45, 2.75) is 0 Å². The van der Waals surface area contributed by atoms with Crippen LogP contribution in [-0.2, 0) is 0 Å². The van der Waals surface area contributed by atoms with Crippen molar-refractivity contribution >= 4 is 17.5 Å². The van der Waals surface area contributed by atoms with Crippen LogP contribution in [0, 0.1) is 0 Å². The van der Waals surface area contributed by atoms with Gasteiger partial charge in [0.15, 0.2) is 23.1 Å². The van der Waals surface area contributed by atoms with Crippen molar-refractivity contribution in [3.8, 4) is 11.5 Å². The topological polar surface area (TPSA) is 86.7 Å². The van der Waals surface area contributed by atoms with Gasteiger partial charge < -0.3 is 24.9 Å². The highest BCUT2D eigenvalue weighted by Crippen LogP contribution is 2.29. The van der Waals surface area contributed by atoms with Gasteiger partial charge in [0.25, 0.3) is 5.91 Å². The Morgan fingerprint density at radius 1 is 1.16 bits per heavy atom. The predicted octanol–water partition coefficient (Wildman–Crippen LogP) is 2.13. The van der Waals surface area contributed by atoms with Gasteiger partial charge >= 0.3 is 0 Å². The lowest BCUT2D eigenvalue weighted by molar-refractivity contribution is 0.0997. The first-order valence-electron chi connectivity index (χ1n) is 5.52. The van der Waals surface area contributed by atoms with E-state index >= 15 is 0 Å². The number of nitrogen functional groups attached to an aromatic ring is 1. The molecule has 0 bridgehead atoms. The summed E-state index contributed by atoms with van der Waals surface area (Å²) in [6, 6.07) is 8.08. The number of carbonyl (C=O) groups excluding carboxylic acids is 1. The monoisotopic (exact) mass is 262 g/mol. The van der Waals surface area contributed by atoms with E-state index in [0.717, 1.165) is 0 Å². The summed E-state index contributed by atoms with van der Waals surface area (Å²) < 4.78 is 15.3. The number of nitrogens with two attached hydrogens (primary N) is 1. The zero-order valence-corrected chi connectivity index (χ0v) is 10.6. The Hall–Kier alpha value is -2.63. The number of carbonyl (C=O) groups is 1. The number of furan rings is 1. The van der Waals surface area contributed by atoms with E-state index in [1.807, 2.05) is 0 Å². The van der Waals surface area contributed by atoms with Crippen LogP contribution in [0.15, 0.2) is 34.7 Å². The first kappa shape index (κ1) is 12.8. The average molecular weight is 262 g/mol. The van der Waals surface area contributed by atoms with Crippen molar-refractivity contribution in [2.75, 3.05) is 25.3 Å². The molecular weight excluding hydrogens is 248 g/mol. The number of benzene rings is 1. The lowest BCUT2D eigenvalue weighted by Gasteiger charge is -2.09. The smallest absolute Gasteiger partial charge is 0.291 e. The van der Waals surface area contributed by atoms with Crippen molar-refractivity contribution in [1.82, 2.24) is 0 Å². The molecule has 1 aromatic carbocycles. The predicted molar refractivity (Wildman–Crippen MR) is 70.6 cm³/mol. The molecule has 0 spiro atoms. The Kier molecular flexibility index (Phi) is 3.61. The summed E-state index contributed by atoms with van der Waals surface area (Å²) in [6.07, 6.45) is 0. The minimum absolute atomic E-state index is 0.146. The van der Waals surface area contributed by atoms with Crippen molar-refractivity contribution in [3.05, 3.63) is 36.1 Å². The molecule has 0 fully saturated rings. The fourth-order valence-corrected chi connectivity index (χ4v) is 1.58. The SMILES string of the molecule is COc1ccc(NC(=O)c2ccc(N)o2)cc1OC. The van der Waals surface area contributed by atoms with Gasteiger partial charge in [0.05, 0.1) is 14.2 Å². The first-order chi connectivity index (χ1) is 9.13. The van der Waals surface area contributed by atoms with E-state index < -0.39 is 0 Å². The molecule has 6 nitrogen and oxygen atoms in total. The number of methoxy groups -OCH3 is 2. The first-order valence-corrected chi connectivity index (χ1v) is 5.52. The quantitative estimate of drug-likeness (QED) is 0.881. The highest BCUT2D eigenvalue weighted by atomic mass is 16.5. The second-order valence-corrected chi connectivity index (χ2v) is 3.73. The molecule has 0 saturated heterocycles. The third-order valence-corrected chi connectivity index (χ3v) is 2.49. The van der Waals surface area contributed by atoms with Crippen LogP contribution < -0.4 is 20.5 Å². The number of amides is 1. The summed E-state index contributed by atoms with van der Waals surface area (Å²) in [5.74, 6) is 1.07. The number of rotatable bonds is 4. The summed E-state index contributed by atoms with van der Waals surface area (Å²) in [4.78, 5) is 11.8. The molecule has 0 saturated carbocycles. The van der Waals surface area contributed by atoms with Gasteiger partial charge in [-0.05, 0) is 18.2 Å². The van der Waals surface area contributed by atoms with Crippen LogP contribution in [0.2, 0.25) is 0 Å². The average Bonchev–Trinajstić information content (AvgIpc) is 2.85. The van der Waals surface area contributed by atoms with Gasteiger partial charge in [0, 0.05) is 17.8 Å². The molecule has 0 unspecified atom stereocenters. The van der Waals surface area contributed by atoms with E-state index in [1.54, 1.807) is 25.3 Å². The summed E-state index contributed by atoms with van der Waals surface area (Å²) >= 11 is 0. The van der Waals surface area contributed by atoms with Crippen LogP contribution in [0.4, 0.5) is 11.6 Å². The third kappa shape index (κ3) is 2.79. The van der Waals surface area contributed by atoms with Gasteiger partial charge in [0.2, 0.25) is 0 Å². The van der Waals surface area contributed by atoms with Gasteiger partial charge in [-0.2, -0.15) is 0 Å². The van der Waals surface area contributed by atoms with Crippen molar-refractivity contribution < 1.29 is 18.7 Å². The van der Waals surface area contributed by atoms with Crippen LogP contribution in [0.25, 0.3) is 0 Å². The molecule has 2 aromatic rings. The molecule has 0 aliphatic carbocycles. The maximum Gasteiger partial charge on any atom is 0.291 e. The number of ether oxygens (including phenoxy) is 2. The van der Waals surface area contributed by atoms with E-state index in [0.29, 0.717) is 17.2 Å². The van der Waals surface area contributed by atoms with Gasteiger partial charge in [-0.3, -0.25) is 4.79 Å². The molecule has 2 rings (SSSR count). The maximum absolute atomic E-state index is 11.8. The summed E-state index contributed by atoms with van der Waals surface area (Å²) in [6.45, 7) is 0. The summed E-state index contributed by atoms with van der Waals surface area (Å²) in [5.41, 5.74) is 5.98. The Labute approximate surface area is 110 Å². The minimum Gasteiger partial charge on any atom is -0.493 e. The molecule has 1 aromatic heterocycles. The van der Waals surface area contributed by atoms with E-state index in [1.165, 1.54) is 19.2 Å². The summed E-state index contributed by atoms with van der Waals surface area (Å²) in [7, 11) is 3.07. The summed E-state index contributed by atoms with van der Waals surface area (Å²) in [5, 5.41) is 2.67. The van der Waals surface area contributed by atoms with Crippen molar-refractivity contribution in [1.29, 1.82) is 0 Å².